The van der Waals surface area contributed by atoms with Crippen molar-refractivity contribution in [1.29, 1.82) is 0 Å². The van der Waals surface area contributed by atoms with Gasteiger partial charge in [-0.05, 0) is 29.8 Å². The van der Waals surface area contributed by atoms with Crippen molar-refractivity contribution >= 4 is 11.0 Å². The lowest BCUT2D eigenvalue weighted by atomic mass is 10.0. The van der Waals surface area contributed by atoms with E-state index < -0.39 is 0 Å². The lowest BCUT2D eigenvalue weighted by Gasteiger charge is -2.06. The van der Waals surface area contributed by atoms with E-state index in [9.17, 15) is 4.79 Å². The fraction of sp³-hybridized carbons (Fsp3) is 0. The van der Waals surface area contributed by atoms with Crippen molar-refractivity contribution in [3.8, 4) is 11.1 Å². The SMILES string of the molecule is O=c1ccc2coc3ccccc3c-2c1. The molecule has 2 aliphatic rings. The van der Waals surface area contributed by atoms with Crippen LogP contribution in [0.3, 0.4) is 0 Å². The second kappa shape index (κ2) is 2.95. The molecule has 72 valence electrons. The first-order valence-electron chi connectivity index (χ1n) is 4.75. The van der Waals surface area contributed by atoms with Gasteiger partial charge in [0.15, 0.2) is 5.43 Å². The Hall–Kier alpha value is -2.09. The molecule has 0 fully saturated rings. The van der Waals surface area contributed by atoms with Gasteiger partial charge in [0.05, 0.1) is 6.26 Å². The molecule has 3 rings (SSSR count). The van der Waals surface area contributed by atoms with E-state index in [-0.39, 0.29) is 5.43 Å². The normalized spacial score (nSPS) is 10.9. The van der Waals surface area contributed by atoms with Gasteiger partial charge in [-0.1, -0.05) is 18.2 Å². The summed E-state index contributed by atoms with van der Waals surface area (Å²) in [4.78, 5) is 11.3. The van der Waals surface area contributed by atoms with Gasteiger partial charge in [-0.25, -0.2) is 0 Å². The monoisotopic (exact) mass is 196 g/mol. The van der Waals surface area contributed by atoms with Crippen LogP contribution in [0.4, 0.5) is 0 Å². The molecule has 0 aromatic heterocycles. The number of fused-ring (bicyclic) bond motifs is 3. The fourth-order valence-electron chi connectivity index (χ4n) is 1.79. The third kappa shape index (κ3) is 1.22. The van der Waals surface area contributed by atoms with Gasteiger partial charge in [0.2, 0.25) is 0 Å². The molecule has 0 radical (unpaired) electrons. The third-order valence-corrected chi connectivity index (χ3v) is 2.51. The summed E-state index contributed by atoms with van der Waals surface area (Å²) in [5.74, 6) is 0. The van der Waals surface area contributed by atoms with Gasteiger partial charge in [0.1, 0.15) is 5.58 Å². The van der Waals surface area contributed by atoms with Gasteiger partial charge >= 0.3 is 0 Å². The van der Waals surface area contributed by atoms with Crippen molar-refractivity contribution in [2.24, 2.45) is 0 Å². The standard InChI is InChI=1S/C13H8O2/c14-10-6-5-9-8-15-13-4-2-1-3-11(13)12(9)7-10/h1-8H. The van der Waals surface area contributed by atoms with Crippen molar-refractivity contribution < 1.29 is 4.42 Å². The van der Waals surface area contributed by atoms with Crippen molar-refractivity contribution in [3.05, 3.63) is 59.0 Å². The van der Waals surface area contributed by atoms with Crippen LogP contribution in [-0.4, -0.2) is 0 Å². The zero-order valence-electron chi connectivity index (χ0n) is 7.94. The molecule has 1 aromatic carbocycles. The molecule has 1 aliphatic carbocycles. The zero-order valence-corrected chi connectivity index (χ0v) is 7.94. The molecule has 2 nitrogen and oxygen atoms in total. The second-order valence-electron chi connectivity index (χ2n) is 3.48. The molecule has 1 heterocycles. The van der Waals surface area contributed by atoms with Crippen LogP contribution in [0.2, 0.25) is 0 Å². The molecule has 0 N–H and O–H groups in total. The number of benzene rings is 2. The van der Waals surface area contributed by atoms with Crippen molar-refractivity contribution in [2.45, 2.75) is 0 Å². The van der Waals surface area contributed by atoms with E-state index in [4.69, 9.17) is 4.42 Å². The molecule has 1 aliphatic heterocycles. The molecule has 0 atom stereocenters. The highest BCUT2D eigenvalue weighted by molar-refractivity contribution is 5.93. The largest absolute Gasteiger partial charge is 0.464 e. The van der Waals surface area contributed by atoms with E-state index in [0.717, 1.165) is 22.1 Å². The van der Waals surface area contributed by atoms with E-state index in [2.05, 4.69) is 0 Å². The third-order valence-electron chi connectivity index (χ3n) is 2.51. The lowest BCUT2D eigenvalue weighted by molar-refractivity contribution is 0.605. The first-order valence-corrected chi connectivity index (χ1v) is 4.75. The number of rotatable bonds is 0. The molecule has 0 saturated heterocycles. The van der Waals surface area contributed by atoms with Crippen LogP contribution in [0.5, 0.6) is 0 Å². The highest BCUT2D eigenvalue weighted by Crippen LogP contribution is 2.28. The van der Waals surface area contributed by atoms with Crippen LogP contribution >= 0.6 is 0 Å². The summed E-state index contributed by atoms with van der Waals surface area (Å²) in [7, 11) is 0. The predicted molar refractivity (Wildman–Crippen MR) is 59.1 cm³/mol. The maximum atomic E-state index is 11.3. The number of para-hydroxylation sites is 1. The average Bonchev–Trinajstić information content (AvgIpc) is 2.29. The smallest absolute Gasteiger partial charge is 0.179 e. The van der Waals surface area contributed by atoms with Gasteiger partial charge in [0, 0.05) is 10.9 Å². The van der Waals surface area contributed by atoms with Crippen LogP contribution < -0.4 is 5.43 Å². The van der Waals surface area contributed by atoms with E-state index >= 15 is 0 Å². The summed E-state index contributed by atoms with van der Waals surface area (Å²) in [6.45, 7) is 0. The minimum atomic E-state index is 0.0267. The Balaban J connectivity index is 2.57. The average molecular weight is 196 g/mol. The van der Waals surface area contributed by atoms with Gasteiger partial charge in [-0.3, -0.25) is 4.79 Å². The molecule has 0 saturated carbocycles. The molecular weight excluding hydrogens is 188 g/mol. The number of hydrogen-bond donors (Lipinski definition) is 0. The Labute approximate surface area is 86.1 Å². The maximum absolute atomic E-state index is 11.3. The maximum Gasteiger partial charge on any atom is 0.179 e. The van der Waals surface area contributed by atoms with Gasteiger partial charge in [-0.2, -0.15) is 0 Å². The van der Waals surface area contributed by atoms with E-state index in [1.54, 1.807) is 24.5 Å². The minimum absolute atomic E-state index is 0.0267. The molecule has 1 aromatic rings. The molecule has 0 unspecified atom stereocenters. The van der Waals surface area contributed by atoms with Crippen LogP contribution in [0.25, 0.3) is 22.1 Å². The summed E-state index contributed by atoms with van der Waals surface area (Å²) in [6, 6.07) is 12.7. The Morgan fingerprint density at radius 2 is 1.87 bits per heavy atom. The molecule has 2 heteroatoms. The topological polar surface area (TPSA) is 30.2 Å². The summed E-state index contributed by atoms with van der Waals surface area (Å²) >= 11 is 0. The molecule has 15 heavy (non-hydrogen) atoms. The summed E-state index contributed by atoms with van der Waals surface area (Å²) in [5.41, 5.74) is 2.73. The van der Waals surface area contributed by atoms with E-state index in [1.807, 2.05) is 24.3 Å². The van der Waals surface area contributed by atoms with Crippen molar-refractivity contribution in [1.82, 2.24) is 0 Å². The Bertz CT molecular complexity index is 652. The minimum Gasteiger partial charge on any atom is -0.464 e. The molecular formula is C13H8O2. The summed E-state index contributed by atoms with van der Waals surface area (Å²) < 4.78 is 5.46. The first kappa shape index (κ1) is 8.24. The predicted octanol–water partition coefficient (Wildman–Crippen LogP) is 2.90. The number of hydrogen-bond acceptors (Lipinski definition) is 2. The van der Waals surface area contributed by atoms with Gasteiger partial charge < -0.3 is 4.42 Å². The van der Waals surface area contributed by atoms with Crippen LogP contribution in [0, 0.1) is 0 Å². The van der Waals surface area contributed by atoms with E-state index in [0.29, 0.717) is 0 Å². The molecule has 0 bridgehead atoms. The summed E-state index contributed by atoms with van der Waals surface area (Å²) in [5, 5.41) is 0.979. The first-order chi connectivity index (χ1) is 7.34. The van der Waals surface area contributed by atoms with Crippen LogP contribution in [-0.2, 0) is 0 Å². The molecule has 0 amide bonds. The zero-order chi connectivity index (χ0) is 10.3. The lowest BCUT2D eigenvalue weighted by Crippen LogP contribution is -1.97. The van der Waals surface area contributed by atoms with Gasteiger partial charge in [0.25, 0.3) is 0 Å². The second-order valence-corrected chi connectivity index (χ2v) is 3.48. The quantitative estimate of drug-likeness (QED) is 0.517. The Kier molecular flexibility index (Phi) is 1.62. The Morgan fingerprint density at radius 3 is 2.80 bits per heavy atom. The van der Waals surface area contributed by atoms with Crippen molar-refractivity contribution in [3.63, 3.8) is 0 Å². The fourth-order valence-corrected chi connectivity index (χ4v) is 1.79. The van der Waals surface area contributed by atoms with Crippen LogP contribution in [0.15, 0.2) is 57.9 Å². The highest BCUT2D eigenvalue weighted by Gasteiger charge is 2.07. The Morgan fingerprint density at radius 1 is 1.00 bits per heavy atom. The summed E-state index contributed by atoms with van der Waals surface area (Å²) in [6.07, 6.45) is 1.68. The van der Waals surface area contributed by atoms with E-state index in [1.165, 1.54) is 0 Å². The highest BCUT2D eigenvalue weighted by atomic mass is 16.3. The van der Waals surface area contributed by atoms with Crippen molar-refractivity contribution in [2.75, 3.05) is 0 Å². The van der Waals surface area contributed by atoms with Crippen LogP contribution in [0.1, 0.15) is 0 Å². The van der Waals surface area contributed by atoms with Gasteiger partial charge in [-0.15, -0.1) is 0 Å². The molecule has 0 spiro atoms.